The zero-order valence-corrected chi connectivity index (χ0v) is 13.2. The Hall–Kier alpha value is -2.11. The molecule has 1 fully saturated rings. The summed E-state index contributed by atoms with van der Waals surface area (Å²) < 4.78 is 12.9. The lowest BCUT2D eigenvalue weighted by Crippen LogP contribution is -2.35. The van der Waals surface area contributed by atoms with E-state index >= 15 is 0 Å². The van der Waals surface area contributed by atoms with Crippen LogP contribution >= 0.6 is 23.2 Å². The third kappa shape index (κ3) is 3.02. The number of rotatable bonds is 3. The largest absolute Gasteiger partial charge is 0.373 e. The SMILES string of the molecule is O=C1CC(Nc2ccc(F)cc2)C(=O)N1c1cccc(Cl)c1Cl. The third-order valence-corrected chi connectivity index (χ3v) is 4.31. The summed E-state index contributed by atoms with van der Waals surface area (Å²) >= 11 is 12.0. The van der Waals surface area contributed by atoms with Crippen molar-refractivity contribution >= 4 is 46.4 Å². The van der Waals surface area contributed by atoms with Gasteiger partial charge >= 0.3 is 0 Å². The van der Waals surface area contributed by atoms with Crippen molar-refractivity contribution < 1.29 is 14.0 Å². The van der Waals surface area contributed by atoms with Crippen LogP contribution in [0.5, 0.6) is 0 Å². The van der Waals surface area contributed by atoms with Crippen LogP contribution in [0, 0.1) is 5.82 Å². The van der Waals surface area contributed by atoms with Crippen LogP contribution in [0.3, 0.4) is 0 Å². The van der Waals surface area contributed by atoms with Gasteiger partial charge in [-0.05, 0) is 36.4 Å². The Labute approximate surface area is 141 Å². The van der Waals surface area contributed by atoms with Crippen LogP contribution in [0.25, 0.3) is 0 Å². The number of carbonyl (C=O) groups excluding carboxylic acids is 2. The van der Waals surface area contributed by atoms with Crippen LogP contribution in [-0.2, 0) is 9.59 Å². The molecule has 1 aliphatic rings. The smallest absolute Gasteiger partial charge is 0.256 e. The van der Waals surface area contributed by atoms with E-state index < -0.39 is 11.9 Å². The summed E-state index contributed by atoms with van der Waals surface area (Å²) in [6.45, 7) is 0. The van der Waals surface area contributed by atoms with Gasteiger partial charge in [-0.25, -0.2) is 9.29 Å². The van der Waals surface area contributed by atoms with Crippen molar-refractivity contribution in [3.05, 3.63) is 58.3 Å². The molecule has 2 amide bonds. The lowest BCUT2D eigenvalue weighted by Gasteiger charge is -2.17. The fraction of sp³-hybridized carbons (Fsp3) is 0.125. The molecule has 0 spiro atoms. The van der Waals surface area contributed by atoms with Gasteiger partial charge in [-0.2, -0.15) is 0 Å². The van der Waals surface area contributed by atoms with E-state index in [4.69, 9.17) is 23.2 Å². The molecule has 1 heterocycles. The van der Waals surface area contributed by atoms with Crippen LogP contribution in [-0.4, -0.2) is 17.9 Å². The van der Waals surface area contributed by atoms with E-state index in [0.717, 1.165) is 4.90 Å². The van der Waals surface area contributed by atoms with E-state index in [2.05, 4.69) is 5.32 Å². The second kappa shape index (κ2) is 6.18. The maximum atomic E-state index is 12.9. The summed E-state index contributed by atoms with van der Waals surface area (Å²) in [4.78, 5) is 25.7. The maximum absolute atomic E-state index is 12.9. The second-order valence-corrected chi connectivity index (χ2v) is 5.83. The van der Waals surface area contributed by atoms with Gasteiger partial charge in [0.1, 0.15) is 11.9 Å². The molecular weight excluding hydrogens is 342 g/mol. The van der Waals surface area contributed by atoms with Crippen LogP contribution in [0.4, 0.5) is 15.8 Å². The quantitative estimate of drug-likeness (QED) is 0.852. The highest BCUT2D eigenvalue weighted by molar-refractivity contribution is 6.45. The molecule has 0 radical (unpaired) electrons. The second-order valence-electron chi connectivity index (χ2n) is 5.05. The summed E-state index contributed by atoms with van der Waals surface area (Å²) in [6.07, 6.45) is -0.0148. The van der Waals surface area contributed by atoms with Crippen molar-refractivity contribution in [1.29, 1.82) is 0 Å². The maximum Gasteiger partial charge on any atom is 0.256 e. The molecule has 2 aromatic carbocycles. The number of benzene rings is 2. The summed E-state index contributed by atoms with van der Waals surface area (Å²) in [6, 6.07) is 9.57. The Morgan fingerprint density at radius 2 is 1.78 bits per heavy atom. The highest BCUT2D eigenvalue weighted by Crippen LogP contribution is 2.35. The van der Waals surface area contributed by atoms with Crippen LogP contribution in [0.1, 0.15) is 6.42 Å². The lowest BCUT2D eigenvalue weighted by atomic mass is 10.2. The van der Waals surface area contributed by atoms with E-state index in [1.54, 1.807) is 18.2 Å². The van der Waals surface area contributed by atoms with Gasteiger partial charge in [0.25, 0.3) is 5.91 Å². The van der Waals surface area contributed by atoms with Gasteiger partial charge < -0.3 is 5.32 Å². The molecule has 1 aliphatic heterocycles. The van der Waals surface area contributed by atoms with Crippen LogP contribution in [0.15, 0.2) is 42.5 Å². The van der Waals surface area contributed by atoms with E-state index in [0.29, 0.717) is 5.69 Å². The number of halogens is 3. The van der Waals surface area contributed by atoms with Crippen molar-refractivity contribution in [1.82, 2.24) is 0 Å². The van der Waals surface area contributed by atoms with Gasteiger partial charge in [0.15, 0.2) is 0 Å². The molecule has 0 saturated carbocycles. The minimum Gasteiger partial charge on any atom is -0.373 e. The fourth-order valence-electron chi connectivity index (χ4n) is 2.41. The first-order valence-corrected chi connectivity index (χ1v) is 7.56. The Morgan fingerprint density at radius 3 is 2.48 bits per heavy atom. The van der Waals surface area contributed by atoms with Crippen molar-refractivity contribution in [3.63, 3.8) is 0 Å². The Kier molecular flexibility index (Phi) is 4.24. The van der Waals surface area contributed by atoms with Crippen molar-refractivity contribution in [2.45, 2.75) is 12.5 Å². The summed E-state index contributed by atoms with van der Waals surface area (Å²) in [5, 5.41) is 3.34. The average molecular weight is 353 g/mol. The molecule has 1 N–H and O–H groups in total. The van der Waals surface area contributed by atoms with Crippen LogP contribution < -0.4 is 10.2 Å². The molecule has 1 saturated heterocycles. The highest BCUT2D eigenvalue weighted by atomic mass is 35.5. The van der Waals surface area contributed by atoms with E-state index in [1.807, 2.05) is 0 Å². The predicted molar refractivity (Wildman–Crippen MR) is 87.4 cm³/mol. The fourth-order valence-corrected chi connectivity index (χ4v) is 2.79. The molecule has 2 aromatic rings. The Bertz CT molecular complexity index is 780. The molecule has 118 valence electrons. The molecule has 7 heteroatoms. The van der Waals surface area contributed by atoms with E-state index in [-0.39, 0.29) is 33.9 Å². The molecule has 3 rings (SSSR count). The number of nitrogens with one attached hydrogen (secondary N) is 1. The van der Waals surface area contributed by atoms with Gasteiger partial charge in [0, 0.05) is 5.69 Å². The molecule has 0 aromatic heterocycles. The highest BCUT2D eigenvalue weighted by Gasteiger charge is 2.40. The average Bonchev–Trinajstić information content (AvgIpc) is 2.79. The molecular formula is C16H11Cl2FN2O2. The van der Waals surface area contributed by atoms with Crippen molar-refractivity contribution in [2.24, 2.45) is 0 Å². The number of imide groups is 1. The molecule has 4 nitrogen and oxygen atoms in total. The Balaban J connectivity index is 1.85. The molecule has 23 heavy (non-hydrogen) atoms. The van der Waals surface area contributed by atoms with E-state index in [9.17, 15) is 14.0 Å². The predicted octanol–water partition coefficient (Wildman–Crippen LogP) is 3.88. The normalized spacial score (nSPS) is 17.7. The monoisotopic (exact) mass is 352 g/mol. The zero-order chi connectivity index (χ0) is 16.6. The van der Waals surface area contributed by atoms with Gasteiger partial charge in [-0.1, -0.05) is 29.3 Å². The molecule has 1 atom stereocenters. The number of amides is 2. The molecule has 1 unspecified atom stereocenters. The van der Waals surface area contributed by atoms with Crippen molar-refractivity contribution in [3.8, 4) is 0 Å². The number of hydrogen-bond acceptors (Lipinski definition) is 3. The van der Waals surface area contributed by atoms with Crippen molar-refractivity contribution in [2.75, 3.05) is 10.2 Å². The van der Waals surface area contributed by atoms with Gasteiger partial charge in [0.05, 0.1) is 22.2 Å². The van der Waals surface area contributed by atoms with Gasteiger partial charge in [0.2, 0.25) is 5.91 Å². The first-order chi connectivity index (χ1) is 11.0. The minimum atomic E-state index is -0.733. The number of nitrogens with zero attached hydrogens (tertiary/aromatic N) is 1. The molecule has 0 aliphatic carbocycles. The topological polar surface area (TPSA) is 49.4 Å². The summed E-state index contributed by atoms with van der Waals surface area (Å²) in [5.74, 6) is -1.18. The standard InChI is InChI=1S/C16H11Cl2FN2O2/c17-11-2-1-3-13(15(11)18)21-14(22)8-12(16(21)23)20-10-6-4-9(19)5-7-10/h1-7,12,20H,8H2. The zero-order valence-electron chi connectivity index (χ0n) is 11.7. The van der Waals surface area contributed by atoms with E-state index in [1.165, 1.54) is 24.3 Å². The first kappa shape index (κ1) is 15.8. The number of carbonyl (C=O) groups is 2. The number of hydrogen-bond donors (Lipinski definition) is 1. The summed E-state index contributed by atoms with van der Waals surface area (Å²) in [7, 11) is 0. The summed E-state index contributed by atoms with van der Waals surface area (Å²) in [5.41, 5.74) is 0.814. The lowest BCUT2D eigenvalue weighted by molar-refractivity contribution is -0.121. The third-order valence-electron chi connectivity index (χ3n) is 3.50. The first-order valence-electron chi connectivity index (χ1n) is 6.80. The molecule has 0 bridgehead atoms. The van der Waals surface area contributed by atoms with Gasteiger partial charge in [-0.15, -0.1) is 0 Å². The van der Waals surface area contributed by atoms with Crippen LogP contribution in [0.2, 0.25) is 10.0 Å². The Morgan fingerprint density at radius 1 is 1.09 bits per heavy atom. The van der Waals surface area contributed by atoms with Gasteiger partial charge in [-0.3, -0.25) is 9.59 Å². The minimum absolute atomic E-state index is 0.0148. The number of anilines is 2.